The van der Waals surface area contributed by atoms with Gasteiger partial charge in [0.25, 0.3) is 5.56 Å². The lowest BCUT2D eigenvalue weighted by Crippen LogP contribution is -2.29. The fourth-order valence-corrected chi connectivity index (χ4v) is 2.14. The number of alkyl halides is 3. The molecule has 0 saturated carbocycles. The molecule has 21 heavy (non-hydrogen) atoms. The number of benzene rings is 1. The highest BCUT2D eigenvalue weighted by atomic mass is 79.9. The summed E-state index contributed by atoms with van der Waals surface area (Å²) in [6.07, 6.45) is -4.54. The second kappa shape index (κ2) is 6.34. The summed E-state index contributed by atoms with van der Waals surface area (Å²) in [5.74, 6) is 0. The number of halogens is 4. The number of pyridine rings is 1. The Morgan fingerprint density at radius 2 is 1.76 bits per heavy atom. The number of hydrogen-bond acceptors (Lipinski definition) is 2. The van der Waals surface area contributed by atoms with Crippen LogP contribution in [0, 0.1) is 0 Å². The molecule has 0 saturated heterocycles. The van der Waals surface area contributed by atoms with Crippen LogP contribution in [0.3, 0.4) is 0 Å². The van der Waals surface area contributed by atoms with E-state index in [-0.39, 0.29) is 13.1 Å². The van der Waals surface area contributed by atoms with Crippen LogP contribution in [0.5, 0.6) is 0 Å². The van der Waals surface area contributed by atoms with E-state index in [1.54, 1.807) is 12.1 Å². The molecule has 0 radical (unpaired) electrons. The third kappa shape index (κ3) is 4.10. The van der Waals surface area contributed by atoms with Crippen molar-refractivity contribution in [3.63, 3.8) is 0 Å². The molecular formula is C14H12BrF3N2O. The highest BCUT2D eigenvalue weighted by Crippen LogP contribution is 2.28. The summed E-state index contributed by atoms with van der Waals surface area (Å²) in [4.78, 5) is 11.6. The van der Waals surface area contributed by atoms with E-state index in [0.717, 1.165) is 32.9 Å². The first-order valence-corrected chi connectivity index (χ1v) is 6.94. The molecule has 0 aliphatic rings. The van der Waals surface area contributed by atoms with Crippen LogP contribution in [0.25, 0.3) is 0 Å². The summed E-state index contributed by atoms with van der Waals surface area (Å²) in [7, 11) is 0. The standard InChI is InChI=1S/C14H12BrF3N2O/c15-10-4-6-11(7-5-10)19-8-9-20-12(14(16,17)18)2-1-3-13(20)21/h1-7,19H,8-9H2. The number of anilines is 1. The summed E-state index contributed by atoms with van der Waals surface area (Å²) in [6.45, 7) is 0.152. The SMILES string of the molecule is O=c1cccc(C(F)(F)F)n1CCNc1ccc(Br)cc1. The van der Waals surface area contributed by atoms with Gasteiger partial charge in [0.1, 0.15) is 5.69 Å². The van der Waals surface area contributed by atoms with Gasteiger partial charge in [-0.25, -0.2) is 0 Å². The lowest BCUT2D eigenvalue weighted by Gasteiger charge is -2.15. The van der Waals surface area contributed by atoms with Gasteiger partial charge in [0.05, 0.1) is 0 Å². The number of nitrogens with zero attached hydrogens (tertiary/aromatic N) is 1. The zero-order valence-corrected chi connectivity index (χ0v) is 12.4. The van der Waals surface area contributed by atoms with Crippen molar-refractivity contribution < 1.29 is 13.2 Å². The first kappa shape index (κ1) is 15.6. The van der Waals surface area contributed by atoms with Crippen molar-refractivity contribution in [3.8, 4) is 0 Å². The van der Waals surface area contributed by atoms with Crippen molar-refractivity contribution in [2.24, 2.45) is 0 Å². The predicted molar refractivity (Wildman–Crippen MR) is 78.3 cm³/mol. The number of hydrogen-bond donors (Lipinski definition) is 1. The van der Waals surface area contributed by atoms with Crippen molar-refractivity contribution in [2.45, 2.75) is 12.7 Å². The predicted octanol–water partition coefficient (Wildman–Crippen LogP) is 3.74. The Morgan fingerprint density at radius 3 is 2.38 bits per heavy atom. The lowest BCUT2D eigenvalue weighted by molar-refractivity contribution is -0.144. The second-order valence-corrected chi connectivity index (χ2v) is 5.25. The minimum absolute atomic E-state index is 0.0649. The molecule has 0 aliphatic heterocycles. The average molecular weight is 361 g/mol. The van der Waals surface area contributed by atoms with Crippen LogP contribution < -0.4 is 10.9 Å². The molecule has 112 valence electrons. The first-order valence-electron chi connectivity index (χ1n) is 6.14. The first-order chi connectivity index (χ1) is 9.88. The number of nitrogens with one attached hydrogen (secondary N) is 1. The zero-order valence-electron chi connectivity index (χ0n) is 10.8. The third-order valence-corrected chi connectivity index (χ3v) is 3.38. The Bertz CT molecular complexity index is 665. The van der Waals surface area contributed by atoms with E-state index in [1.807, 2.05) is 12.1 Å². The second-order valence-electron chi connectivity index (χ2n) is 4.33. The van der Waals surface area contributed by atoms with Gasteiger partial charge in [-0.2, -0.15) is 13.2 Å². The van der Waals surface area contributed by atoms with Gasteiger partial charge >= 0.3 is 6.18 Å². The molecule has 0 amide bonds. The molecule has 1 aromatic carbocycles. The highest BCUT2D eigenvalue weighted by Gasteiger charge is 2.33. The van der Waals surface area contributed by atoms with E-state index >= 15 is 0 Å². The van der Waals surface area contributed by atoms with E-state index in [0.29, 0.717) is 0 Å². The van der Waals surface area contributed by atoms with E-state index < -0.39 is 17.4 Å². The summed E-state index contributed by atoms with van der Waals surface area (Å²) in [5, 5.41) is 2.98. The minimum atomic E-state index is -4.54. The van der Waals surface area contributed by atoms with Gasteiger partial charge in [0.2, 0.25) is 0 Å². The molecule has 0 fully saturated rings. The van der Waals surface area contributed by atoms with Crippen molar-refractivity contribution in [1.29, 1.82) is 0 Å². The summed E-state index contributed by atoms with van der Waals surface area (Å²) in [5.41, 5.74) is -0.828. The molecule has 2 aromatic rings. The summed E-state index contributed by atoms with van der Waals surface area (Å²) >= 11 is 3.29. The van der Waals surface area contributed by atoms with Gasteiger partial charge < -0.3 is 9.88 Å². The van der Waals surface area contributed by atoms with Crippen LogP contribution >= 0.6 is 15.9 Å². The molecule has 1 aromatic heterocycles. The Morgan fingerprint density at radius 1 is 1.10 bits per heavy atom. The smallest absolute Gasteiger partial charge is 0.383 e. The van der Waals surface area contributed by atoms with Crippen molar-refractivity contribution in [3.05, 3.63) is 63.0 Å². The third-order valence-electron chi connectivity index (χ3n) is 2.85. The van der Waals surface area contributed by atoms with Crippen LogP contribution in [-0.2, 0) is 12.7 Å². The van der Waals surface area contributed by atoms with Gasteiger partial charge in [-0.1, -0.05) is 22.0 Å². The summed E-state index contributed by atoms with van der Waals surface area (Å²) in [6, 6.07) is 10.4. The van der Waals surface area contributed by atoms with Crippen LogP contribution in [0.2, 0.25) is 0 Å². The molecule has 0 atom stereocenters. The molecule has 0 spiro atoms. The van der Waals surface area contributed by atoms with E-state index in [2.05, 4.69) is 21.2 Å². The maximum absolute atomic E-state index is 12.8. The molecule has 0 aliphatic carbocycles. The Hall–Kier alpha value is -1.76. The molecule has 2 rings (SSSR count). The van der Waals surface area contributed by atoms with Gasteiger partial charge in [0, 0.05) is 29.3 Å². The molecule has 1 heterocycles. The maximum Gasteiger partial charge on any atom is 0.431 e. The molecule has 3 nitrogen and oxygen atoms in total. The van der Waals surface area contributed by atoms with Gasteiger partial charge in [-0.05, 0) is 30.3 Å². The monoisotopic (exact) mass is 360 g/mol. The molecule has 7 heteroatoms. The molecule has 0 unspecified atom stereocenters. The quantitative estimate of drug-likeness (QED) is 0.900. The van der Waals surface area contributed by atoms with Crippen molar-refractivity contribution >= 4 is 21.6 Å². The average Bonchev–Trinajstić information content (AvgIpc) is 2.41. The van der Waals surface area contributed by atoms with Crippen LogP contribution in [-0.4, -0.2) is 11.1 Å². The van der Waals surface area contributed by atoms with E-state index in [9.17, 15) is 18.0 Å². The van der Waals surface area contributed by atoms with Crippen LogP contribution in [0.1, 0.15) is 5.69 Å². The van der Waals surface area contributed by atoms with Crippen molar-refractivity contribution in [2.75, 3.05) is 11.9 Å². The molecule has 1 N–H and O–H groups in total. The van der Waals surface area contributed by atoms with Gasteiger partial charge in [-0.3, -0.25) is 4.79 Å². The zero-order chi connectivity index (χ0) is 15.5. The van der Waals surface area contributed by atoms with E-state index in [1.165, 1.54) is 0 Å². The van der Waals surface area contributed by atoms with Crippen molar-refractivity contribution in [1.82, 2.24) is 4.57 Å². The van der Waals surface area contributed by atoms with Gasteiger partial charge in [0.15, 0.2) is 0 Å². The van der Waals surface area contributed by atoms with Gasteiger partial charge in [-0.15, -0.1) is 0 Å². The Kier molecular flexibility index (Phi) is 4.72. The van der Waals surface area contributed by atoms with E-state index in [4.69, 9.17) is 0 Å². The largest absolute Gasteiger partial charge is 0.431 e. The highest BCUT2D eigenvalue weighted by molar-refractivity contribution is 9.10. The maximum atomic E-state index is 12.8. The van der Waals surface area contributed by atoms with Crippen LogP contribution in [0.4, 0.5) is 18.9 Å². The molecule has 0 bridgehead atoms. The van der Waals surface area contributed by atoms with Crippen LogP contribution in [0.15, 0.2) is 51.7 Å². The topological polar surface area (TPSA) is 34.0 Å². The Labute approximate surface area is 127 Å². The fourth-order valence-electron chi connectivity index (χ4n) is 1.88. The molecular weight excluding hydrogens is 349 g/mol. The number of aromatic nitrogens is 1. The fraction of sp³-hybridized carbons (Fsp3) is 0.214. The normalized spacial score (nSPS) is 11.4. The summed E-state index contributed by atoms with van der Waals surface area (Å²) < 4.78 is 40.2. The Balaban J connectivity index is 2.10. The number of rotatable bonds is 4. The lowest BCUT2D eigenvalue weighted by atomic mass is 10.3. The minimum Gasteiger partial charge on any atom is -0.383 e.